The fourth-order valence-corrected chi connectivity index (χ4v) is 0.684. The van der Waals surface area contributed by atoms with E-state index in [4.69, 9.17) is 0 Å². The molecule has 0 amide bonds. The van der Waals surface area contributed by atoms with Crippen LogP contribution >= 0.6 is 15.9 Å². The number of ether oxygens (including phenoxy) is 1. The number of hydrogen-bond donors (Lipinski definition) is 0. The number of ketones is 1. The van der Waals surface area contributed by atoms with E-state index in [0.29, 0.717) is 0 Å². The Kier molecular flexibility index (Phi) is 1.33. The zero-order valence-electron chi connectivity index (χ0n) is 3.89. The molecule has 0 aromatic heterocycles. The number of alkyl halides is 1. The predicted octanol–water partition coefficient (Wildman–Crippen LogP) is -0.124. The summed E-state index contributed by atoms with van der Waals surface area (Å²) in [5, 5.41) is 0. The summed E-state index contributed by atoms with van der Waals surface area (Å²) in [6.07, 6.45) is 0. The van der Waals surface area contributed by atoms with Crippen LogP contribution in [0.15, 0.2) is 0 Å². The molecule has 0 N–H and O–H groups in total. The van der Waals surface area contributed by atoms with Crippen molar-refractivity contribution in [2.45, 2.75) is 4.83 Å². The van der Waals surface area contributed by atoms with Gasteiger partial charge in [0.15, 0.2) is 17.2 Å². The van der Waals surface area contributed by atoms with E-state index < -0.39 is 10.8 Å². The molecule has 8 heavy (non-hydrogen) atoms. The van der Waals surface area contributed by atoms with Gasteiger partial charge in [-0.15, -0.1) is 0 Å². The molecule has 0 unspecified atom stereocenters. The molecule has 0 spiro atoms. The Morgan fingerprint density at radius 1 is 1.62 bits per heavy atom. The number of esters is 1. The first-order valence-corrected chi connectivity index (χ1v) is 2.97. The molecular weight excluding hydrogens is 176 g/mol. The Labute approximate surface area is 54.1 Å². The zero-order chi connectivity index (χ0) is 6.15. The summed E-state index contributed by atoms with van der Waals surface area (Å²) in [5.41, 5.74) is 0. The van der Waals surface area contributed by atoms with Gasteiger partial charge in [-0.05, 0) is 0 Å². The van der Waals surface area contributed by atoms with Gasteiger partial charge in [0, 0.05) is 0 Å². The quantitative estimate of drug-likeness (QED) is 0.295. The smallest absolute Gasteiger partial charge is 0.327 e. The molecule has 0 aliphatic carbocycles. The summed E-state index contributed by atoms with van der Waals surface area (Å²) < 4.78 is 4.34. The fourth-order valence-electron chi connectivity index (χ4n) is 0.420. The van der Waals surface area contributed by atoms with Crippen LogP contribution in [0, 0.1) is 0 Å². The molecular formula is C4H3BrO3. The van der Waals surface area contributed by atoms with Gasteiger partial charge in [0.2, 0.25) is 0 Å². The molecule has 1 aliphatic heterocycles. The van der Waals surface area contributed by atoms with Crippen molar-refractivity contribution in [2.75, 3.05) is 6.61 Å². The largest absolute Gasteiger partial charge is 0.456 e. The number of Topliss-reactive ketones (excluding diaryl/α,β-unsaturated/α-hetero) is 1. The highest BCUT2D eigenvalue weighted by Crippen LogP contribution is 2.10. The SMILES string of the molecule is O=C1COC(=O)[C@H]1Br. The highest BCUT2D eigenvalue weighted by molar-refractivity contribution is 9.10. The van der Waals surface area contributed by atoms with E-state index in [1.54, 1.807) is 0 Å². The van der Waals surface area contributed by atoms with Crippen LogP contribution in [0.3, 0.4) is 0 Å². The van der Waals surface area contributed by atoms with Crippen LogP contribution in [-0.4, -0.2) is 23.2 Å². The van der Waals surface area contributed by atoms with Gasteiger partial charge in [-0.2, -0.15) is 0 Å². The second kappa shape index (κ2) is 1.85. The maximum atomic E-state index is 10.4. The van der Waals surface area contributed by atoms with E-state index in [2.05, 4.69) is 20.7 Å². The lowest BCUT2D eigenvalue weighted by molar-refractivity contribution is -0.137. The minimum absolute atomic E-state index is 0.0747. The third kappa shape index (κ3) is 0.753. The van der Waals surface area contributed by atoms with E-state index in [1.807, 2.05) is 0 Å². The molecule has 1 aliphatic rings. The number of carbonyl (C=O) groups is 2. The molecule has 1 saturated heterocycles. The third-order valence-electron chi connectivity index (χ3n) is 0.846. The van der Waals surface area contributed by atoms with Crippen LogP contribution < -0.4 is 0 Å². The summed E-state index contributed by atoms with van der Waals surface area (Å²) in [7, 11) is 0. The van der Waals surface area contributed by atoms with Gasteiger partial charge >= 0.3 is 5.97 Å². The lowest BCUT2D eigenvalue weighted by Gasteiger charge is -1.85. The van der Waals surface area contributed by atoms with E-state index in [1.165, 1.54) is 0 Å². The summed E-state index contributed by atoms with van der Waals surface area (Å²) in [6.45, 7) is -0.0747. The van der Waals surface area contributed by atoms with Crippen LogP contribution in [0.2, 0.25) is 0 Å². The summed E-state index contributed by atoms with van der Waals surface area (Å²) >= 11 is 2.84. The minimum atomic E-state index is -0.706. The Hall–Kier alpha value is -0.380. The maximum Gasteiger partial charge on any atom is 0.327 e. The van der Waals surface area contributed by atoms with Crippen LogP contribution in [0.5, 0.6) is 0 Å². The van der Waals surface area contributed by atoms with Crippen molar-refractivity contribution in [2.24, 2.45) is 0 Å². The van der Waals surface area contributed by atoms with E-state index in [-0.39, 0.29) is 12.4 Å². The molecule has 1 heterocycles. The summed E-state index contributed by atoms with van der Waals surface area (Å²) in [5.74, 6) is -0.676. The first-order valence-electron chi connectivity index (χ1n) is 2.05. The number of hydrogen-bond acceptors (Lipinski definition) is 3. The standard InChI is InChI=1S/C4H3BrO3/c5-3-2(6)1-8-4(3)7/h3H,1H2/t3-/m0/s1. The fraction of sp³-hybridized carbons (Fsp3) is 0.500. The highest BCUT2D eigenvalue weighted by atomic mass is 79.9. The van der Waals surface area contributed by atoms with Crippen LogP contribution in [0.4, 0.5) is 0 Å². The van der Waals surface area contributed by atoms with Crippen molar-refractivity contribution < 1.29 is 14.3 Å². The molecule has 0 aromatic rings. The zero-order valence-corrected chi connectivity index (χ0v) is 5.47. The molecule has 3 nitrogen and oxygen atoms in total. The van der Waals surface area contributed by atoms with Crippen LogP contribution in [0.25, 0.3) is 0 Å². The Morgan fingerprint density at radius 2 is 2.25 bits per heavy atom. The average molecular weight is 179 g/mol. The van der Waals surface area contributed by atoms with Crippen molar-refractivity contribution >= 4 is 27.7 Å². The van der Waals surface area contributed by atoms with Crippen LogP contribution in [0.1, 0.15) is 0 Å². The predicted molar refractivity (Wildman–Crippen MR) is 28.7 cm³/mol. The lowest BCUT2D eigenvalue weighted by Crippen LogP contribution is -2.13. The van der Waals surface area contributed by atoms with Gasteiger partial charge in [-0.3, -0.25) is 9.59 Å². The van der Waals surface area contributed by atoms with Gasteiger partial charge in [-0.1, -0.05) is 15.9 Å². The van der Waals surface area contributed by atoms with Gasteiger partial charge in [0.05, 0.1) is 0 Å². The molecule has 1 fully saturated rings. The molecule has 44 valence electrons. The van der Waals surface area contributed by atoms with Gasteiger partial charge < -0.3 is 4.74 Å². The molecule has 0 aromatic carbocycles. The molecule has 1 atom stereocenters. The first kappa shape index (κ1) is 5.75. The molecule has 0 bridgehead atoms. The van der Waals surface area contributed by atoms with Gasteiger partial charge in [0.25, 0.3) is 0 Å². The van der Waals surface area contributed by atoms with Gasteiger partial charge in [0.1, 0.15) is 0 Å². The summed E-state index contributed by atoms with van der Waals surface area (Å²) in [4.78, 5) is 20.0. The van der Waals surface area contributed by atoms with Crippen molar-refractivity contribution in [3.05, 3.63) is 0 Å². The van der Waals surface area contributed by atoms with Crippen LogP contribution in [-0.2, 0) is 14.3 Å². The van der Waals surface area contributed by atoms with Crippen molar-refractivity contribution in [3.8, 4) is 0 Å². The van der Waals surface area contributed by atoms with E-state index >= 15 is 0 Å². The lowest BCUT2D eigenvalue weighted by atomic mass is 10.3. The number of cyclic esters (lactones) is 1. The van der Waals surface area contributed by atoms with E-state index in [0.717, 1.165) is 0 Å². The average Bonchev–Trinajstić information content (AvgIpc) is 1.98. The molecule has 0 saturated carbocycles. The Morgan fingerprint density at radius 3 is 2.38 bits per heavy atom. The monoisotopic (exact) mass is 178 g/mol. The van der Waals surface area contributed by atoms with Crippen molar-refractivity contribution in [3.63, 3.8) is 0 Å². The van der Waals surface area contributed by atoms with Crippen molar-refractivity contribution in [1.82, 2.24) is 0 Å². The second-order valence-corrected chi connectivity index (χ2v) is 2.35. The summed E-state index contributed by atoms with van der Waals surface area (Å²) in [6, 6.07) is 0. The first-order chi connectivity index (χ1) is 3.72. The number of halogens is 1. The molecule has 4 heteroatoms. The third-order valence-corrected chi connectivity index (χ3v) is 1.73. The Bertz CT molecular complexity index is 126. The number of carbonyl (C=O) groups excluding carboxylic acids is 2. The maximum absolute atomic E-state index is 10.4. The topological polar surface area (TPSA) is 43.4 Å². The Balaban J connectivity index is 2.70. The van der Waals surface area contributed by atoms with E-state index in [9.17, 15) is 9.59 Å². The number of rotatable bonds is 0. The normalized spacial score (nSPS) is 28.4. The molecule has 0 radical (unpaired) electrons. The highest BCUT2D eigenvalue weighted by Gasteiger charge is 2.32. The molecule has 1 rings (SSSR count). The second-order valence-electron chi connectivity index (χ2n) is 1.44. The van der Waals surface area contributed by atoms with Gasteiger partial charge in [-0.25, -0.2) is 0 Å². The van der Waals surface area contributed by atoms with Crippen molar-refractivity contribution in [1.29, 1.82) is 0 Å². The minimum Gasteiger partial charge on any atom is -0.456 e.